The maximum Gasteiger partial charge on any atom is 0.416 e. The Balaban J connectivity index is 1.56. The van der Waals surface area contributed by atoms with Gasteiger partial charge in [0, 0.05) is 23.9 Å². The Morgan fingerprint density at radius 3 is 2.45 bits per heavy atom. The summed E-state index contributed by atoms with van der Waals surface area (Å²) in [4.78, 5) is 45.3. The number of aliphatic hydroxyl groups is 1. The molecule has 3 aromatic heterocycles. The van der Waals surface area contributed by atoms with Gasteiger partial charge >= 0.3 is 12.3 Å². The van der Waals surface area contributed by atoms with Gasteiger partial charge in [0.1, 0.15) is 41.8 Å². The van der Waals surface area contributed by atoms with Gasteiger partial charge in [-0.25, -0.2) is 14.8 Å². The van der Waals surface area contributed by atoms with Crippen LogP contribution in [0.25, 0.3) is 11.5 Å². The fourth-order valence-electron chi connectivity index (χ4n) is 4.76. The zero-order valence-electron chi connectivity index (χ0n) is 25.0. The van der Waals surface area contributed by atoms with Crippen LogP contribution < -0.4 is 10.2 Å². The number of amides is 2. The standard InChI is InChI=1S/C29H35F3N6O6/c1-27(2,3)44-26(41)37(16-29(30,31)32)22-12-18(10-11-33-22)25-35-21(15-43-25)24(40)34-20-13-38(36-23(20)28(4,5)42)19-8-6-17(14-39)7-9-19/h10-15,17,19,42H,6-9,16H2,1-5H3,(H,34,40). The summed E-state index contributed by atoms with van der Waals surface area (Å²) in [6.07, 6.45) is 1.73. The van der Waals surface area contributed by atoms with Crippen molar-refractivity contribution in [2.45, 2.75) is 83.7 Å². The van der Waals surface area contributed by atoms with Crippen LogP contribution in [0.1, 0.15) is 82.5 Å². The lowest BCUT2D eigenvalue weighted by Gasteiger charge is -2.27. The SMILES string of the molecule is CC(C)(C)OC(=O)N(CC(F)(F)F)c1cc(-c2nc(C(=O)Nc3cn(C4CCC(C=O)CC4)nc3C(C)(C)O)co2)ccn1. The van der Waals surface area contributed by atoms with E-state index in [0.717, 1.165) is 38.2 Å². The number of alkyl halides is 3. The maximum atomic E-state index is 13.3. The molecule has 0 aromatic carbocycles. The first-order valence-corrected chi connectivity index (χ1v) is 14.0. The van der Waals surface area contributed by atoms with Crippen molar-refractivity contribution in [1.82, 2.24) is 19.7 Å². The van der Waals surface area contributed by atoms with Crippen LogP contribution in [-0.4, -0.2) is 61.5 Å². The largest absolute Gasteiger partial charge is 0.444 e. The molecule has 1 aliphatic carbocycles. The van der Waals surface area contributed by atoms with Gasteiger partial charge in [0.25, 0.3) is 5.91 Å². The van der Waals surface area contributed by atoms with Crippen LogP contribution in [0.3, 0.4) is 0 Å². The van der Waals surface area contributed by atoms with E-state index < -0.39 is 35.9 Å². The number of halogens is 3. The molecule has 12 nitrogen and oxygen atoms in total. The van der Waals surface area contributed by atoms with Crippen molar-refractivity contribution in [3.63, 3.8) is 0 Å². The lowest BCUT2D eigenvalue weighted by Crippen LogP contribution is -2.42. The molecular formula is C29H35F3N6O6. The average molecular weight is 621 g/mol. The molecular weight excluding hydrogens is 585 g/mol. The third-order valence-electron chi connectivity index (χ3n) is 6.82. The average Bonchev–Trinajstić information content (AvgIpc) is 3.59. The van der Waals surface area contributed by atoms with Crippen molar-refractivity contribution in [2.24, 2.45) is 5.92 Å². The zero-order chi connectivity index (χ0) is 32.4. The molecule has 0 spiro atoms. The van der Waals surface area contributed by atoms with Crippen LogP contribution >= 0.6 is 0 Å². The normalized spacial score (nSPS) is 17.7. The number of aldehydes is 1. The Morgan fingerprint density at radius 2 is 1.86 bits per heavy atom. The third kappa shape index (κ3) is 8.21. The summed E-state index contributed by atoms with van der Waals surface area (Å²) in [5, 5.41) is 18.0. The molecule has 1 aliphatic rings. The highest BCUT2D eigenvalue weighted by molar-refractivity contribution is 6.03. The van der Waals surface area contributed by atoms with Crippen molar-refractivity contribution in [1.29, 1.82) is 0 Å². The fraction of sp³-hybridized carbons (Fsp3) is 0.517. The molecule has 3 aromatic rings. The Kier molecular flexibility index (Phi) is 9.18. The number of carbonyl (C=O) groups is 3. The first kappa shape index (κ1) is 32.6. The Hall–Kier alpha value is -4.27. The predicted octanol–water partition coefficient (Wildman–Crippen LogP) is 5.65. The van der Waals surface area contributed by atoms with E-state index in [1.807, 2.05) is 0 Å². The molecule has 2 N–H and O–H groups in total. The fourth-order valence-corrected chi connectivity index (χ4v) is 4.76. The van der Waals surface area contributed by atoms with Crippen LogP contribution in [0.15, 0.2) is 35.2 Å². The van der Waals surface area contributed by atoms with E-state index in [-0.39, 0.29) is 46.3 Å². The highest BCUT2D eigenvalue weighted by atomic mass is 19.4. The molecule has 1 fully saturated rings. The van der Waals surface area contributed by atoms with E-state index in [4.69, 9.17) is 9.15 Å². The van der Waals surface area contributed by atoms with Gasteiger partial charge in [-0.1, -0.05) is 0 Å². The van der Waals surface area contributed by atoms with Crippen LogP contribution in [0.2, 0.25) is 0 Å². The van der Waals surface area contributed by atoms with Gasteiger partial charge < -0.3 is 24.4 Å². The van der Waals surface area contributed by atoms with Crippen molar-refractivity contribution in [3.05, 3.63) is 42.2 Å². The molecule has 238 valence electrons. The number of rotatable bonds is 8. The quantitative estimate of drug-likeness (QED) is 0.304. The van der Waals surface area contributed by atoms with Crippen LogP contribution in [0.4, 0.5) is 29.5 Å². The number of nitrogens with zero attached hydrogens (tertiary/aromatic N) is 5. The van der Waals surface area contributed by atoms with Gasteiger partial charge in [-0.2, -0.15) is 18.3 Å². The summed E-state index contributed by atoms with van der Waals surface area (Å²) in [7, 11) is 0. The molecule has 15 heteroatoms. The summed E-state index contributed by atoms with van der Waals surface area (Å²) < 4.78 is 52.3. The van der Waals surface area contributed by atoms with Gasteiger partial charge in [0.05, 0.1) is 11.7 Å². The number of carbonyl (C=O) groups excluding carboxylic acids is 3. The van der Waals surface area contributed by atoms with Crippen molar-refractivity contribution >= 4 is 29.8 Å². The molecule has 3 heterocycles. The second kappa shape index (κ2) is 12.4. The molecule has 1 saturated carbocycles. The Morgan fingerprint density at radius 1 is 1.18 bits per heavy atom. The molecule has 0 atom stereocenters. The van der Waals surface area contributed by atoms with E-state index >= 15 is 0 Å². The van der Waals surface area contributed by atoms with Gasteiger partial charge in [0.15, 0.2) is 5.69 Å². The minimum Gasteiger partial charge on any atom is -0.444 e. The van der Waals surface area contributed by atoms with Crippen LogP contribution in [0.5, 0.6) is 0 Å². The molecule has 2 amide bonds. The van der Waals surface area contributed by atoms with E-state index in [9.17, 15) is 32.7 Å². The Labute approximate surface area is 251 Å². The molecule has 0 radical (unpaired) electrons. The lowest BCUT2D eigenvalue weighted by molar-refractivity contribution is -0.119. The molecule has 4 rings (SSSR count). The minimum absolute atomic E-state index is 0.00455. The molecule has 44 heavy (non-hydrogen) atoms. The monoisotopic (exact) mass is 620 g/mol. The van der Waals surface area contributed by atoms with Gasteiger partial charge in [-0.3, -0.25) is 14.4 Å². The van der Waals surface area contributed by atoms with Crippen LogP contribution in [0, 0.1) is 5.92 Å². The number of pyridine rings is 1. The highest BCUT2D eigenvalue weighted by Gasteiger charge is 2.37. The van der Waals surface area contributed by atoms with Gasteiger partial charge in [-0.15, -0.1) is 0 Å². The number of hydrogen-bond acceptors (Lipinski definition) is 9. The lowest BCUT2D eigenvalue weighted by atomic mass is 9.87. The second-order valence-electron chi connectivity index (χ2n) is 12.2. The number of anilines is 2. The van der Waals surface area contributed by atoms with Crippen molar-refractivity contribution in [3.8, 4) is 11.5 Å². The smallest absolute Gasteiger partial charge is 0.416 e. The van der Waals surface area contributed by atoms with E-state index in [1.54, 1.807) is 10.9 Å². The first-order valence-electron chi connectivity index (χ1n) is 14.0. The molecule has 0 bridgehead atoms. The second-order valence-corrected chi connectivity index (χ2v) is 12.2. The summed E-state index contributed by atoms with van der Waals surface area (Å²) >= 11 is 0. The maximum absolute atomic E-state index is 13.3. The topological polar surface area (TPSA) is 153 Å². The van der Waals surface area contributed by atoms with E-state index in [0.29, 0.717) is 4.90 Å². The van der Waals surface area contributed by atoms with E-state index in [2.05, 4.69) is 20.4 Å². The summed E-state index contributed by atoms with van der Waals surface area (Å²) in [5.74, 6) is -1.14. The molecule has 0 unspecified atom stereocenters. The van der Waals surface area contributed by atoms with Gasteiger partial charge in [-0.05, 0) is 72.4 Å². The van der Waals surface area contributed by atoms with Crippen molar-refractivity contribution in [2.75, 3.05) is 16.8 Å². The van der Waals surface area contributed by atoms with Crippen molar-refractivity contribution < 1.29 is 41.8 Å². The number of nitrogens with one attached hydrogen (secondary N) is 1. The molecule has 0 saturated heterocycles. The third-order valence-corrected chi connectivity index (χ3v) is 6.82. The first-order chi connectivity index (χ1) is 20.4. The summed E-state index contributed by atoms with van der Waals surface area (Å²) in [6.45, 7) is 5.99. The molecule has 0 aliphatic heterocycles. The summed E-state index contributed by atoms with van der Waals surface area (Å²) in [6, 6.07) is 2.56. The highest BCUT2D eigenvalue weighted by Crippen LogP contribution is 2.35. The Bertz CT molecular complexity index is 1500. The number of hydrogen-bond donors (Lipinski definition) is 2. The number of aromatic nitrogens is 4. The van der Waals surface area contributed by atoms with Gasteiger partial charge in [0.2, 0.25) is 5.89 Å². The minimum atomic E-state index is -4.74. The number of ether oxygens (including phenoxy) is 1. The van der Waals surface area contributed by atoms with Crippen LogP contribution in [-0.2, 0) is 15.1 Å². The summed E-state index contributed by atoms with van der Waals surface area (Å²) in [5.41, 5.74) is -1.96. The zero-order valence-corrected chi connectivity index (χ0v) is 25.0. The number of oxazole rings is 1. The van der Waals surface area contributed by atoms with E-state index in [1.165, 1.54) is 52.9 Å². The predicted molar refractivity (Wildman–Crippen MR) is 152 cm³/mol.